The van der Waals surface area contributed by atoms with Crippen LogP contribution in [0.2, 0.25) is 0 Å². The van der Waals surface area contributed by atoms with Crippen molar-refractivity contribution in [3.63, 3.8) is 0 Å². The minimum absolute atomic E-state index is 0.0457. The smallest absolute Gasteiger partial charge is 0.251 e. The molecule has 0 saturated carbocycles. The number of carbonyl (C=O) groups excluding carboxylic acids is 1. The summed E-state index contributed by atoms with van der Waals surface area (Å²) in [6, 6.07) is 14.0. The molecule has 30 heavy (non-hydrogen) atoms. The number of rotatable bonds is 8. The Morgan fingerprint density at radius 3 is 2.43 bits per heavy atom. The van der Waals surface area contributed by atoms with E-state index in [9.17, 15) is 13.2 Å². The van der Waals surface area contributed by atoms with Crippen LogP contribution in [0.25, 0.3) is 0 Å². The first-order valence-corrected chi connectivity index (χ1v) is 11.6. The van der Waals surface area contributed by atoms with Gasteiger partial charge in [0.05, 0.1) is 18.0 Å². The summed E-state index contributed by atoms with van der Waals surface area (Å²) < 4.78 is 31.6. The van der Waals surface area contributed by atoms with Gasteiger partial charge in [-0.2, -0.15) is 0 Å². The quantitative estimate of drug-likeness (QED) is 0.671. The minimum atomic E-state index is -3.60. The predicted molar refractivity (Wildman–Crippen MR) is 116 cm³/mol. The van der Waals surface area contributed by atoms with Gasteiger partial charge in [-0.3, -0.25) is 9.69 Å². The Morgan fingerprint density at radius 2 is 1.80 bits per heavy atom. The first-order valence-electron chi connectivity index (χ1n) is 10.1. The van der Waals surface area contributed by atoms with Crippen molar-refractivity contribution in [1.29, 1.82) is 0 Å². The van der Waals surface area contributed by atoms with Crippen molar-refractivity contribution in [3.05, 3.63) is 59.7 Å². The van der Waals surface area contributed by atoms with Crippen molar-refractivity contribution in [1.82, 2.24) is 14.9 Å². The fraction of sp³-hybridized carbons (Fsp3) is 0.409. The Bertz CT molecular complexity index is 955. The number of piperidine rings is 1. The highest BCUT2D eigenvalue weighted by molar-refractivity contribution is 7.89. The number of hydrogen-bond donors (Lipinski definition) is 2. The lowest BCUT2D eigenvalue weighted by molar-refractivity contribution is 0.0924. The van der Waals surface area contributed by atoms with E-state index >= 15 is 0 Å². The predicted octanol–water partition coefficient (Wildman–Crippen LogP) is 2.56. The van der Waals surface area contributed by atoms with Gasteiger partial charge in [0.2, 0.25) is 10.0 Å². The summed E-state index contributed by atoms with van der Waals surface area (Å²) in [4.78, 5) is 15.2. The van der Waals surface area contributed by atoms with Crippen molar-refractivity contribution in [2.45, 2.75) is 30.2 Å². The van der Waals surface area contributed by atoms with Gasteiger partial charge in [0.1, 0.15) is 5.75 Å². The Labute approximate surface area is 178 Å². The second kappa shape index (κ2) is 10.1. The molecular formula is C22H29N3O4S. The Kier molecular flexibility index (Phi) is 7.47. The molecule has 7 nitrogen and oxygen atoms in total. The maximum atomic E-state index is 12.8. The van der Waals surface area contributed by atoms with E-state index in [1.165, 1.54) is 25.6 Å². The van der Waals surface area contributed by atoms with Gasteiger partial charge in [-0.1, -0.05) is 24.6 Å². The number of sulfonamides is 1. The van der Waals surface area contributed by atoms with E-state index < -0.39 is 10.0 Å². The average Bonchev–Trinajstić information content (AvgIpc) is 2.80. The molecule has 1 aliphatic rings. The zero-order valence-electron chi connectivity index (χ0n) is 17.4. The summed E-state index contributed by atoms with van der Waals surface area (Å²) >= 11 is 0. The number of carbonyl (C=O) groups is 1. The number of likely N-dealkylation sites (tertiary alicyclic amines) is 1. The van der Waals surface area contributed by atoms with Crippen LogP contribution in [0.15, 0.2) is 53.4 Å². The number of ether oxygens (including phenoxy) is 1. The van der Waals surface area contributed by atoms with E-state index in [0.717, 1.165) is 37.2 Å². The van der Waals surface area contributed by atoms with Crippen molar-refractivity contribution in [2.75, 3.05) is 33.8 Å². The van der Waals surface area contributed by atoms with Gasteiger partial charge in [0.15, 0.2) is 0 Å². The Morgan fingerprint density at radius 1 is 1.10 bits per heavy atom. The summed E-state index contributed by atoms with van der Waals surface area (Å²) in [6.45, 7) is 2.42. The SMILES string of the molecule is CNS(=O)(=O)c1cccc(C(=O)NCC(c2ccc(OC)cc2)N2CCCCC2)c1. The zero-order chi connectivity index (χ0) is 21.6. The summed E-state index contributed by atoms with van der Waals surface area (Å²) in [5, 5.41) is 2.99. The second-order valence-electron chi connectivity index (χ2n) is 7.33. The average molecular weight is 432 g/mol. The molecule has 0 spiro atoms. The summed E-state index contributed by atoms with van der Waals surface area (Å²) in [5.74, 6) is 0.501. The van der Waals surface area contributed by atoms with E-state index in [0.29, 0.717) is 12.1 Å². The molecule has 2 N–H and O–H groups in total. The third kappa shape index (κ3) is 5.38. The molecule has 1 heterocycles. The number of amides is 1. The molecule has 3 rings (SSSR count). The molecule has 1 unspecified atom stereocenters. The zero-order valence-corrected chi connectivity index (χ0v) is 18.2. The maximum Gasteiger partial charge on any atom is 0.251 e. The number of methoxy groups -OCH3 is 1. The van der Waals surface area contributed by atoms with Gasteiger partial charge in [0, 0.05) is 12.1 Å². The minimum Gasteiger partial charge on any atom is -0.497 e. The lowest BCUT2D eigenvalue weighted by atomic mass is 10.0. The van der Waals surface area contributed by atoms with Crippen LogP contribution in [0.4, 0.5) is 0 Å². The fourth-order valence-corrected chi connectivity index (χ4v) is 4.50. The number of nitrogens with one attached hydrogen (secondary N) is 2. The van der Waals surface area contributed by atoms with Gasteiger partial charge in [0.25, 0.3) is 5.91 Å². The van der Waals surface area contributed by atoms with Crippen molar-refractivity contribution < 1.29 is 17.9 Å². The maximum absolute atomic E-state index is 12.8. The van der Waals surface area contributed by atoms with Crippen LogP contribution in [0.5, 0.6) is 5.75 Å². The molecular weight excluding hydrogens is 402 g/mol. The molecule has 162 valence electrons. The summed E-state index contributed by atoms with van der Waals surface area (Å²) in [7, 11) is -0.616. The molecule has 1 aliphatic heterocycles. The summed E-state index contributed by atoms with van der Waals surface area (Å²) in [6.07, 6.45) is 3.51. The topological polar surface area (TPSA) is 87.7 Å². The molecule has 8 heteroatoms. The van der Waals surface area contributed by atoms with Gasteiger partial charge in [-0.05, 0) is 68.9 Å². The van der Waals surface area contributed by atoms with Crippen LogP contribution in [0, 0.1) is 0 Å². The van der Waals surface area contributed by atoms with Crippen molar-refractivity contribution in [2.24, 2.45) is 0 Å². The van der Waals surface area contributed by atoms with Crippen LogP contribution in [0.1, 0.15) is 41.2 Å². The molecule has 1 saturated heterocycles. The Balaban J connectivity index is 1.76. The van der Waals surface area contributed by atoms with Gasteiger partial charge in [-0.15, -0.1) is 0 Å². The van der Waals surface area contributed by atoms with Crippen LogP contribution in [-0.4, -0.2) is 53.0 Å². The molecule has 2 aromatic carbocycles. The first kappa shape index (κ1) is 22.3. The van der Waals surface area contributed by atoms with E-state index in [1.54, 1.807) is 19.2 Å². The molecule has 0 aromatic heterocycles. The standard InChI is InChI=1S/C22H29N3O4S/c1-23-30(27,28)20-8-6-7-18(15-20)22(26)24-16-21(25-13-4-3-5-14-25)17-9-11-19(29-2)12-10-17/h6-12,15,21,23H,3-5,13-14,16H2,1-2H3,(H,24,26). The number of nitrogens with zero attached hydrogens (tertiary/aromatic N) is 1. The van der Waals surface area contributed by atoms with Gasteiger partial charge >= 0.3 is 0 Å². The largest absolute Gasteiger partial charge is 0.497 e. The lowest BCUT2D eigenvalue weighted by Gasteiger charge is -2.35. The monoisotopic (exact) mass is 431 g/mol. The normalized spacial score (nSPS) is 16.1. The van der Waals surface area contributed by atoms with E-state index in [2.05, 4.69) is 14.9 Å². The molecule has 1 atom stereocenters. The van der Waals surface area contributed by atoms with Crippen LogP contribution in [-0.2, 0) is 10.0 Å². The van der Waals surface area contributed by atoms with Gasteiger partial charge in [-0.25, -0.2) is 13.1 Å². The number of benzene rings is 2. The van der Waals surface area contributed by atoms with Crippen molar-refractivity contribution in [3.8, 4) is 5.75 Å². The highest BCUT2D eigenvalue weighted by Gasteiger charge is 2.23. The van der Waals surface area contributed by atoms with Crippen LogP contribution in [0.3, 0.4) is 0 Å². The third-order valence-electron chi connectivity index (χ3n) is 5.46. The Hall–Kier alpha value is -2.42. The first-order chi connectivity index (χ1) is 14.4. The van der Waals surface area contributed by atoms with E-state index in [-0.39, 0.29) is 16.8 Å². The number of hydrogen-bond acceptors (Lipinski definition) is 5. The molecule has 0 aliphatic carbocycles. The molecule has 1 amide bonds. The van der Waals surface area contributed by atoms with Crippen molar-refractivity contribution >= 4 is 15.9 Å². The fourth-order valence-electron chi connectivity index (χ4n) is 3.73. The van der Waals surface area contributed by atoms with Crippen LogP contribution >= 0.6 is 0 Å². The highest BCUT2D eigenvalue weighted by atomic mass is 32.2. The molecule has 1 fully saturated rings. The molecule has 0 radical (unpaired) electrons. The van der Waals surface area contributed by atoms with Gasteiger partial charge < -0.3 is 10.1 Å². The second-order valence-corrected chi connectivity index (χ2v) is 9.22. The molecule has 0 bridgehead atoms. The molecule has 2 aromatic rings. The lowest BCUT2D eigenvalue weighted by Crippen LogP contribution is -2.40. The highest BCUT2D eigenvalue weighted by Crippen LogP contribution is 2.26. The van der Waals surface area contributed by atoms with Crippen LogP contribution < -0.4 is 14.8 Å². The van der Waals surface area contributed by atoms with E-state index in [4.69, 9.17) is 4.74 Å². The third-order valence-corrected chi connectivity index (χ3v) is 6.88. The van der Waals surface area contributed by atoms with E-state index in [1.807, 2.05) is 24.3 Å². The summed E-state index contributed by atoms with van der Waals surface area (Å²) in [5.41, 5.74) is 1.43.